The van der Waals surface area contributed by atoms with Crippen LogP contribution >= 0.6 is 0 Å². The Morgan fingerprint density at radius 2 is 2.23 bits per heavy atom. The van der Waals surface area contributed by atoms with Crippen molar-refractivity contribution in [1.82, 2.24) is 4.57 Å². The lowest BCUT2D eigenvalue weighted by molar-refractivity contribution is 0.636. The van der Waals surface area contributed by atoms with E-state index >= 15 is 0 Å². The lowest BCUT2D eigenvalue weighted by atomic mass is 10.0. The van der Waals surface area contributed by atoms with E-state index in [9.17, 15) is 0 Å². The molecule has 0 atom stereocenters. The Balaban J connectivity index is 2.47. The van der Waals surface area contributed by atoms with Crippen molar-refractivity contribution in [3.8, 4) is 0 Å². The number of nitrogens with two attached hydrogens (primary N) is 1. The average Bonchev–Trinajstić information content (AvgIpc) is 2.50. The number of aromatic nitrogens is 1. The molecule has 0 spiro atoms. The summed E-state index contributed by atoms with van der Waals surface area (Å²) in [5.74, 6) is 0. The average molecular weight is 172 g/mol. The van der Waals surface area contributed by atoms with Gasteiger partial charge < -0.3 is 10.3 Å². The molecule has 1 aliphatic rings. The number of anilines is 1. The van der Waals surface area contributed by atoms with Gasteiger partial charge in [0.2, 0.25) is 0 Å². The molecule has 2 N–H and O–H groups in total. The third-order valence-electron chi connectivity index (χ3n) is 2.81. The Morgan fingerprint density at radius 1 is 1.31 bits per heavy atom. The molecule has 0 bridgehead atoms. The minimum atomic E-state index is 0.891. The summed E-state index contributed by atoms with van der Waals surface area (Å²) in [6.07, 6.45) is 4.57. The van der Waals surface area contributed by atoms with Crippen molar-refractivity contribution in [3.63, 3.8) is 0 Å². The molecular weight excluding hydrogens is 160 g/mol. The lowest BCUT2D eigenvalue weighted by Gasteiger charge is -2.15. The number of hydrogen-bond donors (Lipinski definition) is 1. The van der Waals surface area contributed by atoms with E-state index in [2.05, 4.69) is 29.0 Å². The van der Waals surface area contributed by atoms with Crippen molar-refractivity contribution in [2.45, 2.75) is 19.4 Å². The van der Waals surface area contributed by atoms with Crippen LogP contribution < -0.4 is 5.73 Å². The molecule has 0 unspecified atom stereocenters. The van der Waals surface area contributed by atoms with Crippen molar-refractivity contribution in [2.24, 2.45) is 0 Å². The highest BCUT2D eigenvalue weighted by atomic mass is 15.0. The third kappa shape index (κ3) is 0.886. The highest BCUT2D eigenvalue weighted by Crippen LogP contribution is 2.28. The molecule has 0 fully saturated rings. The Hall–Kier alpha value is -1.44. The highest BCUT2D eigenvalue weighted by Gasteiger charge is 2.12. The van der Waals surface area contributed by atoms with Crippen LogP contribution in [-0.2, 0) is 13.0 Å². The van der Waals surface area contributed by atoms with Gasteiger partial charge in [-0.1, -0.05) is 0 Å². The third-order valence-corrected chi connectivity index (χ3v) is 2.81. The van der Waals surface area contributed by atoms with Crippen LogP contribution in [0.2, 0.25) is 0 Å². The highest BCUT2D eigenvalue weighted by molar-refractivity contribution is 5.87. The maximum absolute atomic E-state index is 5.82. The summed E-state index contributed by atoms with van der Waals surface area (Å²) in [4.78, 5) is 0. The Kier molecular flexibility index (Phi) is 1.23. The Morgan fingerprint density at radius 3 is 3.15 bits per heavy atom. The molecule has 2 aromatic rings. The number of nitrogens with zero attached hydrogens (tertiary/aromatic N) is 1. The molecule has 0 amide bonds. The molecule has 0 radical (unpaired) electrons. The molecule has 0 saturated carbocycles. The van der Waals surface area contributed by atoms with Crippen molar-refractivity contribution in [2.75, 3.05) is 5.73 Å². The second-order valence-corrected chi connectivity index (χ2v) is 3.73. The monoisotopic (exact) mass is 172 g/mol. The van der Waals surface area contributed by atoms with Gasteiger partial charge in [-0.2, -0.15) is 0 Å². The summed E-state index contributed by atoms with van der Waals surface area (Å²) in [7, 11) is 0. The van der Waals surface area contributed by atoms with Gasteiger partial charge in [-0.3, -0.25) is 0 Å². The van der Waals surface area contributed by atoms with Crippen LogP contribution in [0.4, 0.5) is 5.69 Å². The molecule has 3 rings (SSSR count). The van der Waals surface area contributed by atoms with E-state index in [0.29, 0.717) is 0 Å². The minimum Gasteiger partial charge on any atom is -0.399 e. The quantitative estimate of drug-likeness (QED) is 0.606. The van der Waals surface area contributed by atoms with Gasteiger partial charge in [0.05, 0.1) is 5.52 Å². The fourth-order valence-corrected chi connectivity index (χ4v) is 2.28. The second-order valence-electron chi connectivity index (χ2n) is 3.73. The molecule has 0 aliphatic carbocycles. The maximum atomic E-state index is 5.82. The van der Waals surface area contributed by atoms with Crippen molar-refractivity contribution in [1.29, 1.82) is 0 Å². The molecule has 66 valence electrons. The van der Waals surface area contributed by atoms with Gasteiger partial charge >= 0.3 is 0 Å². The van der Waals surface area contributed by atoms with E-state index in [-0.39, 0.29) is 0 Å². The molecular formula is C11H12N2. The summed E-state index contributed by atoms with van der Waals surface area (Å²) < 4.78 is 2.33. The summed E-state index contributed by atoms with van der Waals surface area (Å²) in [6, 6.07) is 6.32. The fraction of sp³-hybridized carbons (Fsp3) is 0.273. The van der Waals surface area contributed by atoms with Crippen LogP contribution in [-0.4, -0.2) is 4.57 Å². The van der Waals surface area contributed by atoms with Gasteiger partial charge in [-0.15, -0.1) is 0 Å². The van der Waals surface area contributed by atoms with Crippen LogP contribution in [0.5, 0.6) is 0 Å². The molecule has 13 heavy (non-hydrogen) atoms. The summed E-state index contributed by atoms with van der Waals surface area (Å²) in [6.45, 7) is 1.15. The van der Waals surface area contributed by atoms with E-state index in [1.165, 1.54) is 29.3 Å². The first-order chi connectivity index (χ1) is 6.34. The number of hydrogen-bond acceptors (Lipinski definition) is 1. The van der Waals surface area contributed by atoms with E-state index in [0.717, 1.165) is 12.2 Å². The summed E-state index contributed by atoms with van der Waals surface area (Å²) in [5, 5.41) is 1.29. The van der Waals surface area contributed by atoms with Crippen molar-refractivity contribution in [3.05, 3.63) is 30.0 Å². The SMILES string of the molecule is Nc1cc2c3c(ccn3CCC2)c1. The predicted octanol–water partition coefficient (Wildman–Crippen LogP) is 2.17. The molecule has 2 nitrogen and oxygen atoms in total. The predicted molar refractivity (Wildman–Crippen MR) is 54.7 cm³/mol. The van der Waals surface area contributed by atoms with Gasteiger partial charge in [-0.25, -0.2) is 0 Å². The van der Waals surface area contributed by atoms with E-state index in [4.69, 9.17) is 5.73 Å². The molecule has 1 aliphatic heterocycles. The molecule has 2 heteroatoms. The summed E-state index contributed by atoms with van der Waals surface area (Å²) in [5.41, 5.74) is 9.51. The molecule has 2 heterocycles. The second kappa shape index (κ2) is 2.28. The summed E-state index contributed by atoms with van der Waals surface area (Å²) >= 11 is 0. The zero-order chi connectivity index (χ0) is 8.84. The van der Waals surface area contributed by atoms with E-state index in [1.807, 2.05) is 0 Å². The van der Waals surface area contributed by atoms with Gasteiger partial charge in [0.1, 0.15) is 0 Å². The molecule has 1 aromatic carbocycles. The van der Waals surface area contributed by atoms with Crippen LogP contribution in [0.1, 0.15) is 12.0 Å². The molecule has 0 saturated heterocycles. The number of rotatable bonds is 0. The van der Waals surface area contributed by atoms with Gasteiger partial charge in [-0.05, 0) is 36.6 Å². The van der Waals surface area contributed by atoms with E-state index in [1.54, 1.807) is 0 Å². The largest absolute Gasteiger partial charge is 0.399 e. The Bertz CT molecular complexity index is 468. The molecule has 1 aromatic heterocycles. The number of aryl methyl sites for hydroxylation is 2. The van der Waals surface area contributed by atoms with Crippen LogP contribution in [0, 0.1) is 0 Å². The standard InChI is InChI=1S/C11H12N2/c12-10-6-8-2-1-4-13-5-3-9(7-10)11(8)13/h3,5-7H,1-2,4,12H2. The first kappa shape index (κ1) is 7.01. The normalized spacial score (nSPS) is 15.1. The zero-order valence-corrected chi connectivity index (χ0v) is 7.46. The smallest absolute Gasteiger partial charge is 0.0514 e. The van der Waals surface area contributed by atoms with Crippen LogP contribution in [0.3, 0.4) is 0 Å². The minimum absolute atomic E-state index is 0.891. The fourth-order valence-electron chi connectivity index (χ4n) is 2.28. The topological polar surface area (TPSA) is 30.9 Å². The van der Waals surface area contributed by atoms with E-state index < -0.39 is 0 Å². The van der Waals surface area contributed by atoms with Crippen molar-refractivity contribution >= 4 is 16.6 Å². The zero-order valence-electron chi connectivity index (χ0n) is 7.46. The Labute approximate surface area is 77.0 Å². The van der Waals surface area contributed by atoms with Gasteiger partial charge in [0, 0.05) is 23.8 Å². The maximum Gasteiger partial charge on any atom is 0.0514 e. The lowest BCUT2D eigenvalue weighted by Crippen LogP contribution is -2.06. The van der Waals surface area contributed by atoms with Crippen molar-refractivity contribution < 1.29 is 0 Å². The first-order valence-corrected chi connectivity index (χ1v) is 4.72. The van der Waals surface area contributed by atoms with Gasteiger partial charge in [0.15, 0.2) is 0 Å². The number of benzene rings is 1. The van der Waals surface area contributed by atoms with Gasteiger partial charge in [0.25, 0.3) is 0 Å². The van der Waals surface area contributed by atoms with Crippen LogP contribution in [0.15, 0.2) is 24.4 Å². The van der Waals surface area contributed by atoms with Crippen LogP contribution in [0.25, 0.3) is 10.9 Å². The first-order valence-electron chi connectivity index (χ1n) is 4.72. The number of nitrogen functional groups attached to an aromatic ring is 1.